The van der Waals surface area contributed by atoms with Crippen molar-refractivity contribution in [3.63, 3.8) is 0 Å². The molecule has 4 heteroatoms. The van der Waals surface area contributed by atoms with Crippen LogP contribution >= 0.6 is 0 Å². The van der Waals surface area contributed by atoms with Crippen molar-refractivity contribution in [1.29, 1.82) is 0 Å². The lowest BCUT2D eigenvalue weighted by atomic mass is 10.4. The zero-order chi connectivity index (χ0) is 9.90. The van der Waals surface area contributed by atoms with Crippen LogP contribution in [0.4, 0.5) is 0 Å². The van der Waals surface area contributed by atoms with Crippen molar-refractivity contribution >= 4 is 12.4 Å². The van der Waals surface area contributed by atoms with Gasteiger partial charge in [-0.3, -0.25) is 9.98 Å². The van der Waals surface area contributed by atoms with Crippen LogP contribution in [0.3, 0.4) is 0 Å². The van der Waals surface area contributed by atoms with Gasteiger partial charge in [0, 0.05) is 26.2 Å². The molecule has 4 nitrogen and oxygen atoms in total. The van der Waals surface area contributed by atoms with Crippen molar-refractivity contribution in [3.05, 3.63) is 0 Å². The summed E-state index contributed by atoms with van der Waals surface area (Å²) >= 11 is 0. The molecule has 80 valence electrons. The SMILES string of the molecule is C1=N/CCNCC/C=N/CCNCC/1. The summed E-state index contributed by atoms with van der Waals surface area (Å²) < 4.78 is 0. The molecule has 0 saturated heterocycles. The van der Waals surface area contributed by atoms with Gasteiger partial charge in [0.1, 0.15) is 0 Å². The van der Waals surface area contributed by atoms with Crippen molar-refractivity contribution in [2.24, 2.45) is 9.98 Å². The average molecular weight is 196 g/mol. The molecule has 0 aromatic heterocycles. The van der Waals surface area contributed by atoms with Gasteiger partial charge in [-0.2, -0.15) is 0 Å². The fourth-order valence-electron chi connectivity index (χ4n) is 1.24. The van der Waals surface area contributed by atoms with E-state index in [-0.39, 0.29) is 0 Å². The number of aliphatic imine (C=N–C) groups is 2. The molecule has 1 heterocycles. The Kier molecular flexibility index (Phi) is 7.16. The number of nitrogens with zero attached hydrogens (tertiary/aromatic N) is 2. The molecular formula is C10H20N4. The van der Waals surface area contributed by atoms with Gasteiger partial charge in [0.2, 0.25) is 0 Å². The predicted molar refractivity (Wildman–Crippen MR) is 61.7 cm³/mol. The Balaban J connectivity index is 2.15. The highest BCUT2D eigenvalue weighted by Crippen LogP contribution is 1.78. The third-order valence-corrected chi connectivity index (χ3v) is 1.99. The molecular weight excluding hydrogens is 176 g/mol. The van der Waals surface area contributed by atoms with Crippen LogP contribution in [0.25, 0.3) is 0 Å². The summed E-state index contributed by atoms with van der Waals surface area (Å²) in [5.74, 6) is 0. The second kappa shape index (κ2) is 8.84. The van der Waals surface area contributed by atoms with Crippen LogP contribution in [-0.2, 0) is 0 Å². The van der Waals surface area contributed by atoms with Crippen LogP contribution in [-0.4, -0.2) is 51.7 Å². The number of rotatable bonds is 0. The first-order valence-corrected chi connectivity index (χ1v) is 5.38. The Morgan fingerprint density at radius 2 is 1.21 bits per heavy atom. The maximum atomic E-state index is 4.30. The molecule has 0 radical (unpaired) electrons. The van der Waals surface area contributed by atoms with Crippen LogP contribution in [0.15, 0.2) is 9.98 Å². The predicted octanol–water partition coefficient (Wildman–Crippen LogP) is 0.101. The first-order valence-electron chi connectivity index (χ1n) is 5.38. The monoisotopic (exact) mass is 196 g/mol. The molecule has 0 spiro atoms. The molecule has 0 unspecified atom stereocenters. The summed E-state index contributed by atoms with van der Waals surface area (Å²) in [5, 5.41) is 6.64. The highest BCUT2D eigenvalue weighted by Gasteiger charge is 1.87. The average Bonchev–Trinajstić information content (AvgIpc) is 2.22. The lowest BCUT2D eigenvalue weighted by Crippen LogP contribution is -2.21. The van der Waals surface area contributed by atoms with Gasteiger partial charge >= 0.3 is 0 Å². The van der Waals surface area contributed by atoms with Crippen LogP contribution in [0.2, 0.25) is 0 Å². The number of hydrogen-bond acceptors (Lipinski definition) is 4. The van der Waals surface area contributed by atoms with E-state index >= 15 is 0 Å². The molecule has 0 bridgehead atoms. The molecule has 14 heavy (non-hydrogen) atoms. The van der Waals surface area contributed by atoms with E-state index in [1.54, 1.807) is 0 Å². The molecule has 0 aromatic carbocycles. The first kappa shape index (κ1) is 11.3. The normalized spacial score (nSPS) is 26.3. The Morgan fingerprint density at radius 1 is 0.714 bits per heavy atom. The molecule has 0 aromatic rings. The van der Waals surface area contributed by atoms with Gasteiger partial charge in [-0.1, -0.05) is 0 Å². The van der Waals surface area contributed by atoms with Gasteiger partial charge < -0.3 is 10.6 Å². The number of nitrogens with one attached hydrogen (secondary N) is 2. The van der Waals surface area contributed by atoms with E-state index in [1.165, 1.54) is 0 Å². The minimum absolute atomic E-state index is 0.886. The Hall–Kier alpha value is -0.740. The van der Waals surface area contributed by atoms with Crippen molar-refractivity contribution in [1.82, 2.24) is 10.6 Å². The Labute approximate surface area is 85.9 Å². The van der Waals surface area contributed by atoms with Crippen molar-refractivity contribution in [2.45, 2.75) is 12.8 Å². The maximum Gasteiger partial charge on any atom is 0.0510 e. The quantitative estimate of drug-likeness (QED) is 0.577. The molecule has 0 amide bonds. The van der Waals surface area contributed by atoms with Crippen molar-refractivity contribution < 1.29 is 0 Å². The Morgan fingerprint density at radius 3 is 1.71 bits per heavy atom. The van der Waals surface area contributed by atoms with E-state index in [9.17, 15) is 0 Å². The van der Waals surface area contributed by atoms with Crippen LogP contribution in [0, 0.1) is 0 Å². The molecule has 0 fully saturated rings. The minimum atomic E-state index is 0.886. The third-order valence-electron chi connectivity index (χ3n) is 1.99. The summed E-state index contributed by atoms with van der Waals surface area (Å²) in [6, 6.07) is 0. The molecule has 0 atom stereocenters. The molecule has 1 rings (SSSR count). The van der Waals surface area contributed by atoms with Gasteiger partial charge in [-0.15, -0.1) is 0 Å². The van der Waals surface area contributed by atoms with Gasteiger partial charge in [0.15, 0.2) is 0 Å². The summed E-state index contributed by atoms with van der Waals surface area (Å²) in [6.07, 6.45) is 6.04. The standard InChI is InChI=1S/C10H20N4/c1-3-11-7-9-13-5-2-6-14-10-8-12-4-1/h3,6,12-13H,1-2,4-5,7-10H2/b11-3+,14-6+. The van der Waals surface area contributed by atoms with E-state index in [2.05, 4.69) is 20.6 Å². The van der Waals surface area contributed by atoms with E-state index in [0.717, 1.165) is 52.1 Å². The molecule has 0 saturated carbocycles. The van der Waals surface area contributed by atoms with Gasteiger partial charge in [-0.25, -0.2) is 0 Å². The first-order chi connectivity index (χ1) is 7.00. The second-order valence-electron chi connectivity index (χ2n) is 3.25. The molecule has 0 aliphatic carbocycles. The van der Waals surface area contributed by atoms with Gasteiger partial charge in [0.05, 0.1) is 13.1 Å². The molecule has 1 aliphatic rings. The highest BCUT2D eigenvalue weighted by molar-refractivity contribution is 5.57. The summed E-state index contributed by atoms with van der Waals surface area (Å²) in [6.45, 7) is 5.72. The van der Waals surface area contributed by atoms with Crippen molar-refractivity contribution in [3.8, 4) is 0 Å². The second-order valence-corrected chi connectivity index (χ2v) is 3.25. The van der Waals surface area contributed by atoms with Crippen LogP contribution in [0.1, 0.15) is 12.8 Å². The van der Waals surface area contributed by atoms with Gasteiger partial charge in [0.25, 0.3) is 0 Å². The molecule has 2 N–H and O–H groups in total. The Bertz CT molecular complexity index is 141. The summed E-state index contributed by atoms with van der Waals surface area (Å²) in [5.41, 5.74) is 0. The smallest absolute Gasteiger partial charge is 0.0510 e. The third kappa shape index (κ3) is 6.74. The fourth-order valence-corrected chi connectivity index (χ4v) is 1.24. The lowest BCUT2D eigenvalue weighted by Gasteiger charge is -2.02. The number of hydrogen-bond donors (Lipinski definition) is 2. The van der Waals surface area contributed by atoms with Crippen LogP contribution in [0.5, 0.6) is 0 Å². The highest BCUT2D eigenvalue weighted by atomic mass is 14.9. The maximum absolute atomic E-state index is 4.30. The van der Waals surface area contributed by atoms with E-state index < -0.39 is 0 Å². The molecule has 1 aliphatic heterocycles. The van der Waals surface area contributed by atoms with E-state index in [0.29, 0.717) is 0 Å². The minimum Gasteiger partial charge on any atom is -0.315 e. The fraction of sp³-hybridized carbons (Fsp3) is 0.800. The summed E-state index contributed by atoms with van der Waals surface area (Å²) in [7, 11) is 0. The van der Waals surface area contributed by atoms with Gasteiger partial charge in [-0.05, 0) is 25.3 Å². The largest absolute Gasteiger partial charge is 0.315 e. The van der Waals surface area contributed by atoms with E-state index in [1.807, 2.05) is 12.4 Å². The topological polar surface area (TPSA) is 48.8 Å². The zero-order valence-electron chi connectivity index (χ0n) is 8.71. The van der Waals surface area contributed by atoms with E-state index in [4.69, 9.17) is 0 Å². The summed E-state index contributed by atoms with van der Waals surface area (Å²) in [4.78, 5) is 8.60. The zero-order valence-corrected chi connectivity index (χ0v) is 8.71. The van der Waals surface area contributed by atoms with Crippen molar-refractivity contribution in [2.75, 3.05) is 39.3 Å². The lowest BCUT2D eigenvalue weighted by molar-refractivity contribution is 0.691. The van der Waals surface area contributed by atoms with Crippen LogP contribution < -0.4 is 10.6 Å².